The van der Waals surface area contributed by atoms with Crippen molar-refractivity contribution in [3.05, 3.63) is 106 Å². The Labute approximate surface area is 266 Å². The molecule has 230 valence electrons. The van der Waals surface area contributed by atoms with Crippen LogP contribution in [0, 0.1) is 0 Å². The Bertz CT molecular complexity index is 1640. The van der Waals surface area contributed by atoms with Crippen LogP contribution in [0.5, 0.6) is 0 Å². The van der Waals surface area contributed by atoms with Gasteiger partial charge >= 0.3 is 11.9 Å². The van der Waals surface area contributed by atoms with Gasteiger partial charge in [0.2, 0.25) is 5.69 Å². The molecule has 0 bridgehead atoms. The maximum atomic E-state index is 11.4. The second-order valence-corrected chi connectivity index (χ2v) is 12.9. The van der Waals surface area contributed by atoms with E-state index >= 15 is 0 Å². The lowest BCUT2D eigenvalue weighted by Gasteiger charge is -2.27. The molecule has 0 aromatic heterocycles. The molecule has 0 amide bonds. The Morgan fingerprint density at radius 1 is 0.864 bits per heavy atom. The first-order valence-electron chi connectivity index (χ1n) is 15.3. The van der Waals surface area contributed by atoms with Crippen LogP contribution in [0.4, 0.5) is 11.4 Å². The summed E-state index contributed by atoms with van der Waals surface area (Å²) in [6.07, 6.45) is 10.4. The van der Waals surface area contributed by atoms with E-state index < -0.39 is 0 Å². The molecule has 5 rings (SSSR count). The third-order valence-electron chi connectivity index (χ3n) is 8.95. The van der Waals surface area contributed by atoms with Gasteiger partial charge in [0.15, 0.2) is 18.9 Å². The highest BCUT2D eigenvalue weighted by atomic mass is 35.5. The molecular formula is C37H42ClN2O4+. The van der Waals surface area contributed by atoms with Crippen molar-refractivity contribution in [2.24, 2.45) is 0 Å². The van der Waals surface area contributed by atoms with Crippen LogP contribution >= 0.6 is 11.6 Å². The van der Waals surface area contributed by atoms with E-state index in [4.69, 9.17) is 21.1 Å². The number of fused-ring (bicyclic) bond motifs is 2. The molecule has 6 nitrogen and oxygen atoms in total. The predicted octanol–water partition coefficient (Wildman–Crippen LogP) is 7.64. The summed E-state index contributed by atoms with van der Waals surface area (Å²) in [6, 6.07) is 16.8. The van der Waals surface area contributed by atoms with Gasteiger partial charge in [-0.15, -0.1) is 0 Å². The van der Waals surface area contributed by atoms with Gasteiger partial charge in [0.05, 0.1) is 12.0 Å². The predicted molar refractivity (Wildman–Crippen MR) is 177 cm³/mol. The number of esters is 2. The van der Waals surface area contributed by atoms with Crippen molar-refractivity contribution >= 4 is 40.6 Å². The summed E-state index contributed by atoms with van der Waals surface area (Å²) in [5.74, 6) is -0.549. The Hall–Kier alpha value is -3.90. The fourth-order valence-corrected chi connectivity index (χ4v) is 7.01. The van der Waals surface area contributed by atoms with Gasteiger partial charge in [-0.3, -0.25) is 9.59 Å². The standard InChI is InChI=1S/C37H42ClN2O4/c1-25(41)43-23-21-39-31-13-9-7-11-29(31)36(3,4)33(39)19-17-27-15-16-28(35(27)38)18-20-34-37(5,6)30-12-8-10-14-32(30)40(34)22-24-44-26(2)42/h7-14,17-20H,15-16,21-24H2,1-6H3/q+1. The minimum atomic E-state index is -0.275. The first-order valence-corrected chi connectivity index (χ1v) is 15.7. The fourth-order valence-electron chi connectivity index (χ4n) is 6.69. The molecule has 0 saturated carbocycles. The number of anilines is 1. The van der Waals surface area contributed by atoms with Crippen LogP contribution in [-0.2, 0) is 29.9 Å². The summed E-state index contributed by atoms with van der Waals surface area (Å²) in [4.78, 5) is 25.1. The highest BCUT2D eigenvalue weighted by Crippen LogP contribution is 2.48. The Kier molecular flexibility index (Phi) is 9.03. The second kappa shape index (κ2) is 12.6. The Morgan fingerprint density at radius 2 is 1.52 bits per heavy atom. The van der Waals surface area contributed by atoms with Crippen LogP contribution in [0.25, 0.3) is 0 Å². The minimum Gasteiger partial charge on any atom is -0.464 e. The molecule has 0 spiro atoms. The van der Waals surface area contributed by atoms with E-state index in [0.717, 1.165) is 51.8 Å². The first kappa shape index (κ1) is 31.5. The number of para-hydroxylation sites is 2. The third kappa shape index (κ3) is 6.05. The number of rotatable bonds is 9. The lowest BCUT2D eigenvalue weighted by atomic mass is 9.81. The maximum absolute atomic E-state index is 11.4. The van der Waals surface area contributed by atoms with Gasteiger partial charge in [0.1, 0.15) is 6.61 Å². The van der Waals surface area contributed by atoms with Crippen molar-refractivity contribution in [3.8, 4) is 0 Å². The molecule has 0 N–H and O–H groups in total. The average molecular weight is 614 g/mol. The van der Waals surface area contributed by atoms with Crippen LogP contribution in [0.2, 0.25) is 0 Å². The topological polar surface area (TPSA) is 58.9 Å². The number of carbonyl (C=O) groups is 2. The van der Waals surface area contributed by atoms with E-state index in [9.17, 15) is 9.59 Å². The molecule has 2 aliphatic heterocycles. The van der Waals surface area contributed by atoms with Gasteiger partial charge in [0, 0.05) is 53.4 Å². The number of hydrogen-bond acceptors (Lipinski definition) is 5. The quantitative estimate of drug-likeness (QED) is 0.215. The first-order chi connectivity index (χ1) is 20.9. The van der Waals surface area contributed by atoms with Crippen LogP contribution in [-0.4, -0.2) is 48.5 Å². The largest absolute Gasteiger partial charge is 0.464 e. The number of allylic oxidation sites excluding steroid dienone is 8. The zero-order valence-electron chi connectivity index (χ0n) is 26.6. The molecule has 0 radical (unpaired) electrons. The summed E-state index contributed by atoms with van der Waals surface area (Å²) >= 11 is 7.02. The number of benzene rings is 2. The zero-order valence-corrected chi connectivity index (χ0v) is 27.3. The molecule has 1 aliphatic carbocycles. The van der Waals surface area contributed by atoms with Gasteiger partial charge in [-0.2, -0.15) is 4.58 Å². The van der Waals surface area contributed by atoms with Crippen molar-refractivity contribution < 1.29 is 23.6 Å². The van der Waals surface area contributed by atoms with E-state index in [2.05, 4.69) is 97.9 Å². The zero-order chi connectivity index (χ0) is 31.6. The van der Waals surface area contributed by atoms with Crippen molar-refractivity contribution in [1.82, 2.24) is 0 Å². The lowest BCUT2D eigenvalue weighted by molar-refractivity contribution is -0.440. The molecular weight excluding hydrogens is 572 g/mol. The SMILES string of the molecule is CC(=O)OCCN1/C(=C/C=C2\CCC(/C=C/C3=[N+](CCOC(C)=O)c4ccccc4C3(C)C)=C2Cl)C(C)(C)c2ccccc21. The molecule has 0 fully saturated rings. The van der Waals surface area contributed by atoms with Crippen LogP contribution in [0.3, 0.4) is 0 Å². The summed E-state index contributed by atoms with van der Waals surface area (Å²) in [5, 5.41) is 0.790. The summed E-state index contributed by atoms with van der Waals surface area (Å²) in [7, 11) is 0. The van der Waals surface area contributed by atoms with Gasteiger partial charge in [-0.25, -0.2) is 0 Å². The number of carbonyl (C=O) groups excluding carboxylic acids is 2. The van der Waals surface area contributed by atoms with Gasteiger partial charge in [-0.05, 0) is 55.5 Å². The van der Waals surface area contributed by atoms with Gasteiger partial charge < -0.3 is 14.4 Å². The average Bonchev–Trinajstić information content (AvgIpc) is 3.51. The minimum absolute atomic E-state index is 0.212. The maximum Gasteiger partial charge on any atom is 0.302 e. The number of halogens is 1. The smallest absolute Gasteiger partial charge is 0.302 e. The van der Waals surface area contributed by atoms with E-state index in [1.54, 1.807) is 0 Å². The van der Waals surface area contributed by atoms with Crippen molar-refractivity contribution in [2.75, 3.05) is 31.2 Å². The summed E-state index contributed by atoms with van der Waals surface area (Å²) in [5.41, 5.74) is 8.87. The highest BCUT2D eigenvalue weighted by Gasteiger charge is 2.44. The molecule has 2 heterocycles. The fraction of sp³-hybridized carbons (Fsp3) is 0.378. The lowest BCUT2D eigenvalue weighted by Crippen LogP contribution is -2.29. The molecule has 2 aromatic rings. The molecule has 0 unspecified atom stereocenters. The van der Waals surface area contributed by atoms with Crippen molar-refractivity contribution in [3.63, 3.8) is 0 Å². The molecule has 7 heteroatoms. The van der Waals surface area contributed by atoms with Crippen molar-refractivity contribution in [1.29, 1.82) is 0 Å². The van der Waals surface area contributed by atoms with E-state index in [1.807, 2.05) is 12.1 Å². The number of hydrogen-bond donors (Lipinski definition) is 0. The molecule has 3 aliphatic rings. The summed E-state index contributed by atoms with van der Waals surface area (Å²) in [6.45, 7) is 13.6. The summed E-state index contributed by atoms with van der Waals surface area (Å²) < 4.78 is 12.9. The molecule has 0 atom stereocenters. The van der Waals surface area contributed by atoms with E-state index in [0.29, 0.717) is 26.3 Å². The molecule has 0 saturated heterocycles. The second-order valence-electron chi connectivity index (χ2n) is 12.6. The molecule has 2 aromatic carbocycles. The van der Waals surface area contributed by atoms with E-state index in [1.165, 1.54) is 25.0 Å². The normalized spacial score (nSPS) is 20.2. The number of ether oxygens (including phenoxy) is 2. The van der Waals surface area contributed by atoms with Gasteiger partial charge in [-0.1, -0.05) is 74.0 Å². The highest BCUT2D eigenvalue weighted by molar-refractivity contribution is 6.33. The van der Waals surface area contributed by atoms with Crippen LogP contribution in [0.1, 0.15) is 65.5 Å². The Morgan fingerprint density at radius 3 is 2.25 bits per heavy atom. The molecule has 44 heavy (non-hydrogen) atoms. The van der Waals surface area contributed by atoms with Crippen LogP contribution in [0.15, 0.2) is 94.7 Å². The van der Waals surface area contributed by atoms with E-state index in [-0.39, 0.29) is 22.8 Å². The third-order valence-corrected chi connectivity index (χ3v) is 9.44. The van der Waals surface area contributed by atoms with Crippen LogP contribution < -0.4 is 4.90 Å². The van der Waals surface area contributed by atoms with Crippen molar-refractivity contribution in [2.45, 2.75) is 65.2 Å². The number of nitrogens with zero attached hydrogens (tertiary/aromatic N) is 2. The Balaban J connectivity index is 1.44. The monoisotopic (exact) mass is 613 g/mol. The van der Waals surface area contributed by atoms with Gasteiger partial charge in [0.25, 0.3) is 0 Å².